The Kier molecular flexibility index (Phi) is 4.98. The van der Waals surface area contributed by atoms with Crippen molar-refractivity contribution in [1.82, 2.24) is 20.2 Å². The summed E-state index contributed by atoms with van der Waals surface area (Å²) in [5, 5.41) is 25.3. The van der Waals surface area contributed by atoms with E-state index in [0.29, 0.717) is 23.6 Å². The second kappa shape index (κ2) is 7.89. The third-order valence-electron chi connectivity index (χ3n) is 3.93. The lowest BCUT2D eigenvalue weighted by Crippen LogP contribution is -2.03. The minimum Gasteiger partial charge on any atom is -0.363 e. The average Bonchev–Trinajstić information content (AvgIpc) is 3.22. The van der Waals surface area contributed by atoms with Gasteiger partial charge in [-0.25, -0.2) is 4.98 Å². The number of rotatable bonds is 6. The molecule has 0 aliphatic heterocycles. The largest absolute Gasteiger partial charge is 0.363 e. The van der Waals surface area contributed by atoms with Gasteiger partial charge in [-0.1, -0.05) is 12.1 Å². The predicted molar refractivity (Wildman–Crippen MR) is 107 cm³/mol. The predicted octanol–water partition coefficient (Wildman–Crippen LogP) is 4.18. The lowest BCUT2D eigenvalue weighted by atomic mass is 10.1. The molecule has 0 radical (unpaired) electrons. The van der Waals surface area contributed by atoms with Crippen molar-refractivity contribution in [3.05, 3.63) is 82.1 Å². The smallest absolute Gasteiger partial charge is 0.270 e. The number of aromatic nitrogens is 4. The molecule has 1 N–H and O–H groups in total. The summed E-state index contributed by atoms with van der Waals surface area (Å²) in [5.41, 5.74) is 3.12. The Morgan fingerprint density at radius 3 is 2.71 bits per heavy atom. The van der Waals surface area contributed by atoms with Crippen LogP contribution in [0.5, 0.6) is 0 Å². The highest BCUT2D eigenvalue weighted by Crippen LogP contribution is 2.24. The topological polar surface area (TPSA) is 107 Å². The van der Waals surface area contributed by atoms with Crippen molar-refractivity contribution in [3.63, 3.8) is 0 Å². The second-order valence-electron chi connectivity index (χ2n) is 5.85. The molecule has 0 unspecified atom stereocenters. The Labute approximate surface area is 164 Å². The van der Waals surface area contributed by atoms with E-state index in [0.717, 1.165) is 16.3 Å². The maximum Gasteiger partial charge on any atom is 0.270 e. The summed E-state index contributed by atoms with van der Waals surface area (Å²) in [4.78, 5) is 19.2. The highest BCUT2D eigenvalue weighted by atomic mass is 32.1. The summed E-state index contributed by atoms with van der Waals surface area (Å²) in [6.45, 7) is 0.515. The van der Waals surface area contributed by atoms with E-state index in [9.17, 15) is 10.1 Å². The molecule has 28 heavy (non-hydrogen) atoms. The zero-order valence-electron chi connectivity index (χ0n) is 14.5. The van der Waals surface area contributed by atoms with Gasteiger partial charge in [-0.05, 0) is 24.3 Å². The molecule has 3 heterocycles. The van der Waals surface area contributed by atoms with Crippen LogP contribution in [-0.4, -0.2) is 25.1 Å². The van der Waals surface area contributed by atoms with E-state index in [-0.39, 0.29) is 5.69 Å². The van der Waals surface area contributed by atoms with Gasteiger partial charge in [0.1, 0.15) is 10.8 Å². The molecular weight excluding hydrogens is 376 g/mol. The number of hydrogen-bond acceptors (Lipinski definition) is 8. The Balaban J connectivity index is 1.42. The molecule has 8 nitrogen and oxygen atoms in total. The van der Waals surface area contributed by atoms with Gasteiger partial charge >= 0.3 is 0 Å². The van der Waals surface area contributed by atoms with Gasteiger partial charge in [-0.3, -0.25) is 15.1 Å². The first-order valence-electron chi connectivity index (χ1n) is 8.36. The van der Waals surface area contributed by atoms with Gasteiger partial charge in [0.05, 0.1) is 22.9 Å². The number of benzene rings is 1. The Hall–Kier alpha value is -3.72. The number of hydrogen-bond donors (Lipinski definition) is 1. The van der Waals surface area contributed by atoms with Crippen LogP contribution in [0.2, 0.25) is 0 Å². The van der Waals surface area contributed by atoms with Crippen LogP contribution in [0.15, 0.2) is 66.3 Å². The molecule has 0 spiro atoms. The van der Waals surface area contributed by atoms with Crippen molar-refractivity contribution >= 4 is 22.8 Å². The first-order chi connectivity index (χ1) is 13.7. The zero-order chi connectivity index (χ0) is 19.3. The number of non-ortho nitro benzene ring substituents is 1. The first-order valence-corrected chi connectivity index (χ1v) is 9.24. The van der Waals surface area contributed by atoms with E-state index < -0.39 is 4.92 Å². The molecule has 138 valence electrons. The maximum absolute atomic E-state index is 10.9. The first kappa shape index (κ1) is 17.7. The van der Waals surface area contributed by atoms with Crippen LogP contribution in [0.3, 0.4) is 0 Å². The fraction of sp³-hybridized carbons (Fsp3) is 0.0526. The van der Waals surface area contributed by atoms with Crippen LogP contribution in [0, 0.1) is 10.1 Å². The molecule has 4 rings (SSSR count). The van der Waals surface area contributed by atoms with Gasteiger partial charge < -0.3 is 5.32 Å². The van der Waals surface area contributed by atoms with Crippen LogP contribution in [0.1, 0.15) is 5.69 Å². The SMILES string of the molecule is O=[N+]([O-])c1cccc(-c2ccc(NCc3csc(-c4cccnc4)n3)nn2)c1. The number of pyridine rings is 1. The van der Waals surface area contributed by atoms with E-state index >= 15 is 0 Å². The van der Waals surface area contributed by atoms with E-state index in [2.05, 4.69) is 25.5 Å². The summed E-state index contributed by atoms with van der Waals surface area (Å²) in [6.07, 6.45) is 3.52. The van der Waals surface area contributed by atoms with Crippen molar-refractivity contribution in [2.24, 2.45) is 0 Å². The molecule has 0 amide bonds. The second-order valence-corrected chi connectivity index (χ2v) is 6.71. The third kappa shape index (κ3) is 3.99. The highest BCUT2D eigenvalue weighted by molar-refractivity contribution is 7.13. The van der Waals surface area contributed by atoms with Crippen LogP contribution < -0.4 is 5.32 Å². The minimum atomic E-state index is -0.430. The molecule has 0 fully saturated rings. The van der Waals surface area contributed by atoms with Crippen molar-refractivity contribution in [3.8, 4) is 21.8 Å². The molecule has 0 bridgehead atoms. The molecule has 0 atom stereocenters. The Morgan fingerprint density at radius 2 is 1.96 bits per heavy atom. The number of nitro benzene ring substituents is 1. The Bertz CT molecular complexity index is 1100. The van der Waals surface area contributed by atoms with Crippen molar-refractivity contribution in [2.75, 3.05) is 5.32 Å². The van der Waals surface area contributed by atoms with Gasteiger partial charge in [0.25, 0.3) is 5.69 Å². The van der Waals surface area contributed by atoms with E-state index in [1.807, 2.05) is 17.5 Å². The molecule has 0 saturated heterocycles. The molecule has 3 aromatic heterocycles. The molecular formula is C19H14N6O2S. The monoisotopic (exact) mass is 390 g/mol. The number of anilines is 1. The van der Waals surface area contributed by atoms with Crippen LogP contribution >= 0.6 is 11.3 Å². The number of nitrogens with one attached hydrogen (secondary N) is 1. The Morgan fingerprint density at radius 1 is 1.07 bits per heavy atom. The number of thiazole rings is 1. The van der Waals surface area contributed by atoms with Crippen molar-refractivity contribution in [2.45, 2.75) is 6.54 Å². The van der Waals surface area contributed by atoms with Crippen molar-refractivity contribution < 1.29 is 4.92 Å². The summed E-state index contributed by atoms with van der Waals surface area (Å²) >= 11 is 1.56. The van der Waals surface area contributed by atoms with Gasteiger partial charge in [-0.15, -0.1) is 21.5 Å². The van der Waals surface area contributed by atoms with Crippen LogP contribution in [-0.2, 0) is 6.54 Å². The number of nitro groups is 1. The zero-order valence-corrected chi connectivity index (χ0v) is 15.3. The molecule has 4 aromatic rings. The molecule has 1 aromatic carbocycles. The van der Waals surface area contributed by atoms with E-state index in [4.69, 9.17) is 0 Å². The summed E-state index contributed by atoms with van der Waals surface area (Å²) < 4.78 is 0. The summed E-state index contributed by atoms with van der Waals surface area (Å²) in [7, 11) is 0. The molecule has 0 aliphatic rings. The van der Waals surface area contributed by atoms with E-state index in [1.54, 1.807) is 48.0 Å². The summed E-state index contributed by atoms with van der Waals surface area (Å²) in [6, 6.07) is 13.7. The number of nitrogens with zero attached hydrogens (tertiary/aromatic N) is 5. The lowest BCUT2D eigenvalue weighted by molar-refractivity contribution is -0.384. The fourth-order valence-corrected chi connectivity index (χ4v) is 3.36. The lowest BCUT2D eigenvalue weighted by Gasteiger charge is -2.04. The molecule has 0 saturated carbocycles. The van der Waals surface area contributed by atoms with Crippen molar-refractivity contribution in [1.29, 1.82) is 0 Å². The van der Waals surface area contributed by atoms with Gasteiger partial charge in [-0.2, -0.15) is 0 Å². The van der Waals surface area contributed by atoms with E-state index in [1.165, 1.54) is 12.1 Å². The standard InChI is InChI=1S/C19H14N6O2S/c26-25(27)16-5-1-3-13(9-16)17-6-7-18(24-23-17)21-11-15-12-28-19(22-15)14-4-2-8-20-10-14/h1-10,12H,11H2,(H,21,24). The fourth-order valence-electron chi connectivity index (χ4n) is 2.55. The van der Waals surface area contributed by atoms with Gasteiger partial charge in [0.2, 0.25) is 0 Å². The minimum absolute atomic E-state index is 0.0226. The third-order valence-corrected chi connectivity index (χ3v) is 4.87. The normalized spacial score (nSPS) is 10.6. The molecule has 0 aliphatic carbocycles. The van der Waals surface area contributed by atoms with Crippen LogP contribution in [0.25, 0.3) is 21.8 Å². The van der Waals surface area contributed by atoms with Gasteiger partial charge in [0, 0.05) is 41.0 Å². The summed E-state index contributed by atoms with van der Waals surface area (Å²) in [5.74, 6) is 0.602. The highest BCUT2D eigenvalue weighted by Gasteiger charge is 2.09. The average molecular weight is 390 g/mol. The van der Waals surface area contributed by atoms with Crippen LogP contribution in [0.4, 0.5) is 11.5 Å². The quantitative estimate of drug-likeness (QED) is 0.389. The maximum atomic E-state index is 10.9. The van der Waals surface area contributed by atoms with Gasteiger partial charge in [0.15, 0.2) is 0 Å². The molecule has 9 heteroatoms.